The summed E-state index contributed by atoms with van der Waals surface area (Å²) >= 11 is 0. The zero-order valence-corrected chi connectivity index (χ0v) is 14.0. The van der Waals surface area contributed by atoms with E-state index in [0.717, 1.165) is 5.56 Å². The molecule has 0 fully saturated rings. The summed E-state index contributed by atoms with van der Waals surface area (Å²) in [4.78, 5) is 0. The van der Waals surface area contributed by atoms with Gasteiger partial charge >= 0.3 is 0 Å². The quantitative estimate of drug-likeness (QED) is 0.875. The molecule has 2 aromatic carbocycles. The second kappa shape index (κ2) is 5.89. The van der Waals surface area contributed by atoms with Crippen molar-refractivity contribution in [2.24, 2.45) is 0 Å². The lowest BCUT2D eigenvalue weighted by Gasteiger charge is -2.47. The van der Waals surface area contributed by atoms with Crippen LogP contribution in [0.3, 0.4) is 0 Å². The summed E-state index contributed by atoms with van der Waals surface area (Å²) in [6.07, 6.45) is -0.583. The summed E-state index contributed by atoms with van der Waals surface area (Å²) < 4.78 is 21.4. The molecule has 0 saturated carbocycles. The molecule has 0 aliphatic heterocycles. The minimum absolute atomic E-state index is 0.0373. The molecule has 0 heterocycles. The molecule has 24 heavy (non-hydrogen) atoms. The summed E-state index contributed by atoms with van der Waals surface area (Å²) in [7, 11) is 6.05. The van der Waals surface area contributed by atoms with E-state index in [4.69, 9.17) is 18.9 Å². The molecule has 0 spiro atoms. The second-order valence-electron chi connectivity index (χ2n) is 5.53. The molecule has 1 aliphatic carbocycles. The van der Waals surface area contributed by atoms with E-state index in [2.05, 4.69) is 0 Å². The van der Waals surface area contributed by atoms with E-state index in [1.165, 1.54) is 27.4 Å². The van der Waals surface area contributed by atoms with E-state index in [9.17, 15) is 10.2 Å². The van der Waals surface area contributed by atoms with E-state index >= 15 is 0 Å². The van der Waals surface area contributed by atoms with E-state index in [-0.39, 0.29) is 11.5 Å². The molecule has 0 radical (unpaired) electrons. The zero-order valence-electron chi connectivity index (χ0n) is 14.0. The van der Waals surface area contributed by atoms with Crippen LogP contribution in [0.15, 0.2) is 30.3 Å². The lowest BCUT2D eigenvalue weighted by atomic mass is 9.66. The van der Waals surface area contributed by atoms with Crippen molar-refractivity contribution in [3.8, 4) is 23.0 Å². The molecule has 2 atom stereocenters. The first kappa shape index (κ1) is 16.4. The second-order valence-corrected chi connectivity index (χ2v) is 5.53. The Bertz CT molecular complexity index is 772. The Morgan fingerprint density at radius 3 is 2.21 bits per heavy atom. The fourth-order valence-electron chi connectivity index (χ4n) is 3.35. The molecule has 2 aromatic rings. The number of hydrogen-bond acceptors (Lipinski definition) is 6. The zero-order chi connectivity index (χ0) is 17.5. The van der Waals surface area contributed by atoms with E-state index < -0.39 is 11.7 Å². The fourth-order valence-corrected chi connectivity index (χ4v) is 3.35. The Labute approximate surface area is 140 Å². The molecule has 1 aliphatic rings. The van der Waals surface area contributed by atoms with Crippen LogP contribution in [0.2, 0.25) is 0 Å². The topological polar surface area (TPSA) is 77.4 Å². The van der Waals surface area contributed by atoms with Crippen LogP contribution in [0.25, 0.3) is 0 Å². The molecule has 0 bridgehead atoms. The maximum atomic E-state index is 11.4. The first-order valence-electron chi connectivity index (χ1n) is 7.40. The summed E-state index contributed by atoms with van der Waals surface area (Å²) in [5.41, 5.74) is 0.352. The number of aromatic hydroxyl groups is 1. The van der Waals surface area contributed by atoms with Crippen molar-refractivity contribution in [3.63, 3.8) is 0 Å². The molecule has 6 nitrogen and oxygen atoms in total. The van der Waals surface area contributed by atoms with Crippen molar-refractivity contribution in [1.29, 1.82) is 0 Å². The van der Waals surface area contributed by atoms with Crippen LogP contribution in [0.5, 0.6) is 23.0 Å². The summed E-state index contributed by atoms with van der Waals surface area (Å²) in [5, 5.41) is 21.4. The van der Waals surface area contributed by atoms with Gasteiger partial charge in [0.25, 0.3) is 0 Å². The van der Waals surface area contributed by atoms with E-state index in [1.54, 1.807) is 31.4 Å². The highest BCUT2D eigenvalue weighted by Crippen LogP contribution is 2.59. The van der Waals surface area contributed by atoms with E-state index in [1.807, 2.05) is 0 Å². The van der Waals surface area contributed by atoms with Crippen LogP contribution in [0.4, 0.5) is 0 Å². The van der Waals surface area contributed by atoms with Gasteiger partial charge in [0.1, 0.15) is 11.7 Å². The average Bonchev–Trinajstić information content (AvgIpc) is 2.61. The molecule has 3 rings (SSSR count). The molecule has 6 heteroatoms. The maximum Gasteiger partial charge on any atom is 0.167 e. The third-order valence-corrected chi connectivity index (χ3v) is 4.48. The Kier molecular flexibility index (Phi) is 4.03. The van der Waals surface area contributed by atoms with Crippen LogP contribution in [0, 0.1) is 0 Å². The number of ether oxygens (including phenoxy) is 4. The largest absolute Gasteiger partial charge is 0.504 e. The Balaban J connectivity index is 2.21. The van der Waals surface area contributed by atoms with Crippen molar-refractivity contribution >= 4 is 0 Å². The van der Waals surface area contributed by atoms with Gasteiger partial charge in [0.15, 0.2) is 23.0 Å². The van der Waals surface area contributed by atoms with Gasteiger partial charge in [-0.05, 0) is 29.3 Å². The predicted octanol–water partition coefficient (Wildman–Crippen LogP) is 2.35. The van der Waals surface area contributed by atoms with Crippen molar-refractivity contribution in [2.75, 3.05) is 28.4 Å². The standard InChI is InChI=1S/C18H20O6/c1-21-13-8-5-10(9-14(13)22-2)18(20)15-11(17(18)24-4)6-7-12(19)16(15)23-3/h5-9,17,19-20H,1-4H3/t17-,18-/m0/s1. The fraction of sp³-hybridized carbons (Fsp3) is 0.333. The van der Waals surface area contributed by atoms with Gasteiger partial charge in [0.2, 0.25) is 0 Å². The van der Waals surface area contributed by atoms with Gasteiger partial charge in [0.05, 0.1) is 21.3 Å². The predicted molar refractivity (Wildman–Crippen MR) is 87.0 cm³/mol. The third-order valence-electron chi connectivity index (χ3n) is 4.48. The Morgan fingerprint density at radius 1 is 0.917 bits per heavy atom. The number of hydrogen-bond donors (Lipinski definition) is 2. The van der Waals surface area contributed by atoms with Gasteiger partial charge in [-0.15, -0.1) is 0 Å². The lowest BCUT2D eigenvalue weighted by molar-refractivity contribution is -0.104. The van der Waals surface area contributed by atoms with Gasteiger partial charge in [0, 0.05) is 12.7 Å². The average molecular weight is 332 g/mol. The van der Waals surface area contributed by atoms with Crippen LogP contribution in [-0.2, 0) is 10.3 Å². The van der Waals surface area contributed by atoms with Gasteiger partial charge < -0.3 is 29.2 Å². The Morgan fingerprint density at radius 2 is 1.62 bits per heavy atom. The molecule has 0 saturated heterocycles. The first-order valence-corrected chi connectivity index (χ1v) is 7.40. The van der Waals surface area contributed by atoms with Gasteiger partial charge in [-0.1, -0.05) is 12.1 Å². The van der Waals surface area contributed by atoms with Gasteiger partial charge in [-0.2, -0.15) is 0 Å². The van der Waals surface area contributed by atoms with Crippen molar-refractivity contribution in [2.45, 2.75) is 11.7 Å². The Hall–Kier alpha value is -2.44. The smallest absolute Gasteiger partial charge is 0.167 e. The molecule has 0 aromatic heterocycles. The molecule has 2 N–H and O–H groups in total. The number of aliphatic hydroxyl groups is 1. The summed E-state index contributed by atoms with van der Waals surface area (Å²) in [5.74, 6) is 1.25. The number of fused-ring (bicyclic) bond motifs is 1. The molecular formula is C18H20O6. The monoisotopic (exact) mass is 332 g/mol. The minimum Gasteiger partial charge on any atom is -0.504 e. The van der Waals surface area contributed by atoms with Crippen molar-refractivity contribution < 1.29 is 29.2 Å². The number of phenolic OH excluding ortho intramolecular Hbond substituents is 1. The van der Waals surface area contributed by atoms with E-state index in [0.29, 0.717) is 22.6 Å². The first-order chi connectivity index (χ1) is 11.5. The van der Waals surface area contributed by atoms with Crippen LogP contribution in [0.1, 0.15) is 22.8 Å². The van der Waals surface area contributed by atoms with Crippen molar-refractivity contribution in [1.82, 2.24) is 0 Å². The summed E-state index contributed by atoms with van der Waals surface area (Å²) in [6, 6.07) is 8.39. The summed E-state index contributed by atoms with van der Waals surface area (Å²) in [6.45, 7) is 0. The third kappa shape index (κ3) is 2.03. The highest BCUT2D eigenvalue weighted by Gasteiger charge is 2.55. The molecule has 0 amide bonds. The minimum atomic E-state index is -1.46. The normalized spacial score (nSPS) is 21.6. The highest BCUT2D eigenvalue weighted by molar-refractivity contribution is 5.65. The molecule has 0 unspecified atom stereocenters. The lowest BCUT2D eigenvalue weighted by Crippen LogP contribution is -2.46. The maximum absolute atomic E-state index is 11.4. The van der Waals surface area contributed by atoms with Crippen LogP contribution >= 0.6 is 0 Å². The number of methoxy groups -OCH3 is 4. The van der Waals surface area contributed by atoms with Gasteiger partial charge in [-0.25, -0.2) is 0 Å². The molecule has 128 valence electrons. The highest BCUT2D eigenvalue weighted by atomic mass is 16.5. The SMILES string of the molecule is COc1ccc([C@]2(O)c3c(ccc(O)c3OC)[C@@H]2OC)cc1OC. The number of phenols is 1. The van der Waals surface area contributed by atoms with Crippen molar-refractivity contribution in [3.05, 3.63) is 47.0 Å². The molecular weight excluding hydrogens is 312 g/mol. The van der Waals surface area contributed by atoms with Crippen LogP contribution in [-0.4, -0.2) is 38.7 Å². The van der Waals surface area contributed by atoms with Crippen LogP contribution < -0.4 is 14.2 Å². The van der Waals surface area contributed by atoms with Gasteiger partial charge in [-0.3, -0.25) is 0 Å². The number of rotatable bonds is 5. The number of benzene rings is 2.